The Bertz CT molecular complexity index is 540. The maximum Gasteiger partial charge on any atom is 0.276 e. The first-order valence-electron chi connectivity index (χ1n) is 7.09. The number of carbonyl (C=O) groups is 2. The Morgan fingerprint density at radius 3 is 2.76 bits per heavy atom. The number of aryl methyl sites for hydroxylation is 1. The smallest absolute Gasteiger partial charge is 0.276 e. The summed E-state index contributed by atoms with van der Waals surface area (Å²) in [7, 11) is 0. The highest BCUT2D eigenvalue weighted by atomic mass is 16.5. The molecule has 2 N–H and O–H groups in total. The van der Waals surface area contributed by atoms with Crippen molar-refractivity contribution in [3.8, 4) is 5.75 Å². The van der Waals surface area contributed by atoms with Crippen LogP contribution in [0.2, 0.25) is 0 Å². The van der Waals surface area contributed by atoms with Gasteiger partial charge in [0.2, 0.25) is 5.91 Å². The average Bonchev–Trinajstić information content (AvgIpc) is 2.52. The van der Waals surface area contributed by atoms with Gasteiger partial charge in [0.15, 0.2) is 6.61 Å². The van der Waals surface area contributed by atoms with Gasteiger partial charge in [-0.15, -0.1) is 0 Å². The van der Waals surface area contributed by atoms with Gasteiger partial charge in [-0.05, 0) is 37.8 Å². The van der Waals surface area contributed by atoms with E-state index < -0.39 is 0 Å². The molecule has 5 nitrogen and oxygen atoms in total. The standard InChI is InChI=1S/C16H20N2O3/c1-12-7-5-6-10-14(12)21-11-15(19)17-18-16(20)13-8-3-2-4-9-13/h2-3,5-7,10,13H,4,8-9,11H2,1H3,(H,17,19)(H,18,20)/t13-/m0/s1. The first-order chi connectivity index (χ1) is 10.2. The molecule has 0 heterocycles. The van der Waals surface area contributed by atoms with Crippen molar-refractivity contribution < 1.29 is 14.3 Å². The van der Waals surface area contributed by atoms with Crippen LogP contribution in [-0.2, 0) is 9.59 Å². The molecule has 1 aromatic carbocycles. The summed E-state index contributed by atoms with van der Waals surface area (Å²) in [5.74, 6) is 0.0746. The number of nitrogens with one attached hydrogen (secondary N) is 2. The molecule has 1 aliphatic carbocycles. The molecule has 0 aromatic heterocycles. The van der Waals surface area contributed by atoms with Gasteiger partial charge in [-0.2, -0.15) is 0 Å². The number of hydrogen-bond acceptors (Lipinski definition) is 3. The van der Waals surface area contributed by atoms with Gasteiger partial charge >= 0.3 is 0 Å². The Morgan fingerprint density at radius 2 is 2.05 bits per heavy atom. The largest absolute Gasteiger partial charge is 0.483 e. The number of hydrazine groups is 1. The molecule has 0 radical (unpaired) electrons. The maximum atomic E-state index is 11.8. The number of hydrogen-bond donors (Lipinski definition) is 2. The van der Waals surface area contributed by atoms with Crippen molar-refractivity contribution in [2.24, 2.45) is 5.92 Å². The summed E-state index contributed by atoms with van der Waals surface area (Å²) in [6.45, 7) is 1.78. The summed E-state index contributed by atoms with van der Waals surface area (Å²) in [6, 6.07) is 7.46. The zero-order chi connectivity index (χ0) is 15.1. The Labute approximate surface area is 124 Å². The van der Waals surface area contributed by atoms with Gasteiger partial charge in [0.05, 0.1) is 0 Å². The van der Waals surface area contributed by atoms with Crippen molar-refractivity contribution in [1.82, 2.24) is 10.9 Å². The molecule has 0 unspecified atom stereocenters. The van der Waals surface area contributed by atoms with E-state index in [2.05, 4.69) is 16.9 Å². The molecule has 1 atom stereocenters. The molecular formula is C16H20N2O3. The highest BCUT2D eigenvalue weighted by Gasteiger charge is 2.18. The molecule has 2 amide bonds. The van der Waals surface area contributed by atoms with Gasteiger partial charge in [0.25, 0.3) is 5.91 Å². The van der Waals surface area contributed by atoms with E-state index in [1.165, 1.54) is 0 Å². The van der Waals surface area contributed by atoms with E-state index in [0.717, 1.165) is 24.8 Å². The number of ether oxygens (including phenoxy) is 1. The summed E-state index contributed by atoms with van der Waals surface area (Å²) in [4.78, 5) is 23.5. The van der Waals surface area contributed by atoms with Crippen LogP contribution in [-0.4, -0.2) is 18.4 Å². The van der Waals surface area contributed by atoms with Crippen LogP contribution in [0, 0.1) is 12.8 Å². The lowest BCUT2D eigenvalue weighted by Crippen LogP contribution is -2.46. The zero-order valence-electron chi connectivity index (χ0n) is 12.1. The molecule has 2 rings (SSSR count). The summed E-state index contributed by atoms with van der Waals surface area (Å²) in [6.07, 6.45) is 6.51. The molecule has 0 fully saturated rings. The molecule has 0 saturated heterocycles. The monoisotopic (exact) mass is 288 g/mol. The van der Waals surface area contributed by atoms with E-state index in [4.69, 9.17) is 4.74 Å². The molecule has 5 heteroatoms. The number of para-hydroxylation sites is 1. The number of amides is 2. The van der Waals surface area contributed by atoms with Crippen molar-refractivity contribution in [2.45, 2.75) is 26.2 Å². The van der Waals surface area contributed by atoms with Crippen molar-refractivity contribution in [1.29, 1.82) is 0 Å². The number of benzene rings is 1. The lowest BCUT2D eigenvalue weighted by molar-refractivity contribution is -0.132. The molecule has 1 aliphatic rings. The van der Waals surface area contributed by atoms with E-state index in [9.17, 15) is 9.59 Å². The molecule has 0 aliphatic heterocycles. The van der Waals surface area contributed by atoms with Crippen molar-refractivity contribution in [3.05, 3.63) is 42.0 Å². The third-order valence-corrected chi connectivity index (χ3v) is 3.42. The van der Waals surface area contributed by atoms with Crippen LogP contribution in [0.4, 0.5) is 0 Å². The molecule has 21 heavy (non-hydrogen) atoms. The number of carbonyl (C=O) groups excluding carboxylic acids is 2. The van der Waals surface area contributed by atoms with Crippen LogP contribution >= 0.6 is 0 Å². The molecule has 0 bridgehead atoms. The zero-order valence-corrected chi connectivity index (χ0v) is 12.1. The molecule has 0 spiro atoms. The highest BCUT2D eigenvalue weighted by Crippen LogP contribution is 2.17. The predicted molar refractivity (Wildman–Crippen MR) is 79.4 cm³/mol. The fraction of sp³-hybridized carbons (Fsp3) is 0.375. The van der Waals surface area contributed by atoms with Crippen LogP contribution in [0.5, 0.6) is 5.75 Å². The van der Waals surface area contributed by atoms with Gasteiger partial charge in [-0.3, -0.25) is 20.4 Å². The van der Waals surface area contributed by atoms with Crippen LogP contribution in [0.25, 0.3) is 0 Å². The third kappa shape index (κ3) is 4.63. The van der Waals surface area contributed by atoms with Crippen molar-refractivity contribution in [3.63, 3.8) is 0 Å². The van der Waals surface area contributed by atoms with Crippen molar-refractivity contribution >= 4 is 11.8 Å². The molecule has 112 valence electrons. The molecular weight excluding hydrogens is 268 g/mol. The summed E-state index contributed by atoms with van der Waals surface area (Å²) in [5.41, 5.74) is 5.79. The van der Waals surface area contributed by atoms with E-state index in [1.807, 2.05) is 31.2 Å². The van der Waals surface area contributed by atoms with Gasteiger partial charge in [0, 0.05) is 5.92 Å². The Hall–Kier alpha value is -2.30. The minimum atomic E-state index is -0.377. The van der Waals surface area contributed by atoms with Gasteiger partial charge in [-0.25, -0.2) is 0 Å². The summed E-state index contributed by atoms with van der Waals surface area (Å²) in [5, 5.41) is 0. The van der Waals surface area contributed by atoms with E-state index in [1.54, 1.807) is 6.07 Å². The third-order valence-electron chi connectivity index (χ3n) is 3.42. The number of allylic oxidation sites excluding steroid dienone is 2. The van der Waals surface area contributed by atoms with Gasteiger partial charge in [0.1, 0.15) is 5.75 Å². The summed E-state index contributed by atoms with van der Waals surface area (Å²) < 4.78 is 5.40. The Balaban J connectivity index is 1.71. The Morgan fingerprint density at radius 1 is 1.24 bits per heavy atom. The SMILES string of the molecule is Cc1ccccc1OCC(=O)NNC(=O)[C@H]1CC=CCC1. The second-order valence-corrected chi connectivity index (χ2v) is 5.07. The van der Waals surface area contributed by atoms with Crippen LogP contribution < -0.4 is 15.6 Å². The quantitative estimate of drug-likeness (QED) is 0.656. The second-order valence-electron chi connectivity index (χ2n) is 5.07. The molecule has 0 saturated carbocycles. The minimum absolute atomic E-state index is 0.0624. The normalized spacial score (nSPS) is 17.1. The first kappa shape index (κ1) is 15.1. The van der Waals surface area contributed by atoms with Crippen LogP contribution in [0.15, 0.2) is 36.4 Å². The van der Waals surface area contributed by atoms with Crippen LogP contribution in [0.3, 0.4) is 0 Å². The lowest BCUT2D eigenvalue weighted by atomic mass is 9.94. The second kappa shape index (κ2) is 7.47. The topological polar surface area (TPSA) is 67.4 Å². The van der Waals surface area contributed by atoms with Crippen LogP contribution in [0.1, 0.15) is 24.8 Å². The fourth-order valence-corrected chi connectivity index (χ4v) is 2.16. The van der Waals surface area contributed by atoms with Crippen molar-refractivity contribution in [2.75, 3.05) is 6.61 Å². The lowest BCUT2D eigenvalue weighted by Gasteiger charge is -2.17. The summed E-state index contributed by atoms with van der Waals surface area (Å²) >= 11 is 0. The fourth-order valence-electron chi connectivity index (χ4n) is 2.16. The first-order valence-corrected chi connectivity index (χ1v) is 7.09. The minimum Gasteiger partial charge on any atom is -0.483 e. The Kier molecular flexibility index (Phi) is 5.37. The average molecular weight is 288 g/mol. The number of rotatable bonds is 4. The van der Waals surface area contributed by atoms with E-state index >= 15 is 0 Å². The van der Waals surface area contributed by atoms with E-state index in [-0.39, 0.29) is 24.3 Å². The van der Waals surface area contributed by atoms with Gasteiger partial charge < -0.3 is 4.74 Å². The predicted octanol–water partition coefficient (Wildman–Crippen LogP) is 1.88. The van der Waals surface area contributed by atoms with E-state index in [0.29, 0.717) is 5.75 Å². The van der Waals surface area contributed by atoms with Gasteiger partial charge in [-0.1, -0.05) is 30.4 Å². The highest BCUT2D eigenvalue weighted by molar-refractivity contribution is 5.84. The molecule has 1 aromatic rings. The maximum absolute atomic E-state index is 11.8.